The predicted octanol–water partition coefficient (Wildman–Crippen LogP) is 8.89. The summed E-state index contributed by atoms with van der Waals surface area (Å²) in [4.78, 5) is 35.2. The Kier molecular flexibility index (Phi) is 9.07. The summed E-state index contributed by atoms with van der Waals surface area (Å²) in [5.41, 5.74) is 10.0. The lowest BCUT2D eigenvalue weighted by molar-refractivity contribution is 0.608. The SMILES string of the molecule is Fc1cncc(-c2nc(N[C@@H]3CCC4=C(C=CC4)C3)c3ncccc3n2)c1.Fc1cncc(-c2nc(N[C@H]3CCC4=C(C=CC4)C3)c3ncccc3n2)c1. The van der Waals surface area contributed by atoms with Gasteiger partial charge in [0.1, 0.15) is 22.7 Å². The molecule has 2 atom stereocenters. The summed E-state index contributed by atoms with van der Waals surface area (Å²) in [5, 5.41) is 7.13. The van der Waals surface area contributed by atoms with E-state index in [1.165, 1.54) is 35.7 Å². The highest BCUT2D eigenvalue weighted by Crippen LogP contribution is 2.36. The molecule has 6 aromatic heterocycles. The van der Waals surface area contributed by atoms with Crippen LogP contribution in [0.1, 0.15) is 51.4 Å². The van der Waals surface area contributed by atoms with Crippen molar-refractivity contribution < 1.29 is 8.78 Å². The first-order valence-electron chi connectivity index (χ1n) is 18.3. The molecule has 4 aliphatic rings. The van der Waals surface area contributed by atoms with Gasteiger partial charge in [-0.15, -0.1) is 0 Å². The first kappa shape index (κ1) is 33.5. The molecule has 6 aromatic rings. The molecular weight excluding hydrogens is 683 g/mol. The van der Waals surface area contributed by atoms with Gasteiger partial charge in [0.25, 0.3) is 0 Å². The number of hydrogen-bond donors (Lipinski definition) is 2. The highest BCUT2D eigenvalue weighted by molar-refractivity contribution is 5.88. The second kappa shape index (κ2) is 14.6. The number of fused-ring (bicyclic) bond motifs is 2. The first-order valence-corrected chi connectivity index (χ1v) is 18.3. The van der Waals surface area contributed by atoms with Gasteiger partial charge >= 0.3 is 0 Å². The largest absolute Gasteiger partial charge is 0.365 e. The number of nitrogens with one attached hydrogen (secondary N) is 2. The zero-order valence-corrected chi connectivity index (χ0v) is 29.4. The van der Waals surface area contributed by atoms with Gasteiger partial charge in [-0.3, -0.25) is 19.9 Å². The van der Waals surface area contributed by atoms with Crippen LogP contribution in [0.25, 0.3) is 44.8 Å². The Morgan fingerprint density at radius 1 is 0.593 bits per heavy atom. The second-order valence-corrected chi connectivity index (χ2v) is 14.0. The van der Waals surface area contributed by atoms with Crippen LogP contribution in [-0.2, 0) is 0 Å². The molecule has 0 unspecified atom stereocenters. The zero-order chi connectivity index (χ0) is 36.4. The fourth-order valence-electron chi connectivity index (χ4n) is 7.66. The standard InChI is InChI=1S/2C21H18FN5/c2*22-16-9-15(11-23-12-16)20-26-18-5-2-8-24-19(18)21(27-20)25-17-7-6-13-3-1-4-14(13)10-17/h2*1-2,4-5,8-9,11-12,17H,3,6-7,10H2,(H,25,26,27)/t2*17-/m10/s1. The van der Waals surface area contributed by atoms with Gasteiger partial charge in [-0.05, 0) is 98.9 Å². The molecule has 0 aliphatic heterocycles. The number of hydrogen-bond acceptors (Lipinski definition) is 10. The van der Waals surface area contributed by atoms with Crippen molar-refractivity contribution in [3.63, 3.8) is 0 Å². The van der Waals surface area contributed by atoms with Gasteiger partial charge in [-0.1, -0.05) is 35.5 Å². The highest BCUT2D eigenvalue weighted by atomic mass is 19.1. The van der Waals surface area contributed by atoms with Gasteiger partial charge in [0.05, 0.1) is 23.4 Å². The van der Waals surface area contributed by atoms with Crippen LogP contribution >= 0.6 is 0 Å². The third-order valence-electron chi connectivity index (χ3n) is 10.3. The molecule has 268 valence electrons. The number of rotatable bonds is 6. The molecule has 0 radical (unpaired) electrons. The van der Waals surface area contributed by atoms with Crippen molar-refractivity contribution in [3.8, 4) is 22.8 Å². The molecule has 0 saturated carbocycles. The fourth-order valence-corrected chi connectivity index (χ4v) is 7.66. The van der Waals surface area contributed by atoms with Gasteiger partial charge in [0.15, 0.2) is 23.3 Å². The molecule has 0 bridgehead atoms. The number of aromatic nitrogens is 8. The summed E-state index contributed by atoms with van der Waals surface area (Å²) in [6.45, 7) is 0. The Morgan fingerprint density at radius 2 is 1.07 bits per heavy atom. The Morgan fingerprint density at radius 3 is 1.54 bits per heavy atom. The Labute approximate surface area is 310 Å². The van der Waals surface area contributed by atoms with Crippen LogP contribution in [0.4, 0.5) is 20.4 Å². The van der Waals surface area contributed by atoms with E-state index >= 15 is 0 Å². The van der Waals surface area contributed by atoms with Crippen LogP contribution in [-0.4, -0.2) is 52.0 Å². The maximum atomic E-state index is 13.6. The molecular formula is C42H36F2N10. The Bertz CT molecular complexity index is 2350. The molecule has 10 rings (SSSR count). The summed E-state index contributed by atoms with van der Waals surface area (Å²) in [6.07, 6.45) is 26.4. The van der Waals surface area contributed by atoms with Gasteiger partial charge in [0, 0.05) is 48.0 Å². The summed E-state index contributed by atoms with van der Waals surface area (Å²) in [5.74, 6) is 1.46. The lowest BCUT2D eigenvalue weighted by Gasteiger charge is -2.25. The number of anilines is 2. The minimum atomic E-state index is -0.406. The quantitative estimate of drug-likeness (QED) is 0.172. The summed E-state index contributed by atoms with van der Waals surface area (Å²) in [7, 11) is 0. The summed E-state index contributed by atoms with van der Waals surface area (Å²) >= 11 is 0. The van der Waals surface area contributed by atoms with Crippen molar-refractivity contribution in [2.75, 3.05) is 10.6 Å². The van der Waals surface area contributed by atoms with E-state index in [9.17, 15) is 8.78 Å². The average molecular weight is 719 g/mol. The van der Waals surface area contributed by atoms with Gasteiger partial charge in [-0.25, -0.2) is 28.7 Å². The van der Waals surface area contributed by atoms with Crippen LogP contribution in [0.5, 0.6) is 0 Å². The van der Waals surface area contributed by atoms with E-state index in [0.717, 1.165) is 73.4 Å². The smallest absolute Gasteiger partial charge is 0.163 e. The Balaban J connectivity index is 0.000000142. The predicted molar refractivity (Wildman–Crippen MR) is 205 cm³/mol. The molecule has 2 N–H and O–H groups in total. The maximum absolute atomic E-state index is 13.6. The zero-order valence-electron chi connectivity index (χ0n) is 29.4. The molecule has 0 fully saturated rings. The molecule has 10 nitrogen and oxygen atoms in total. The lowest BCUT2D eigenvalue weighted by Crippen LogP contribution is -2.24. The van der Waals surface area contributed by atoms with E-state index < -0.39 is 11.6 Å². The maximum Gasteiger partial charge on any atom is 0.163 e. The molecule has 4 aliphatic carbocycles. The van der Waals surface area contributed by atoms with Crippen LogP contribution in [0.3, 0.4) is 0 Å². The number of allylic oxidation sites excluding steroid dienone is 6. The number of pyridine rings is 4. The molecule has 54 heavy (non-hydrogen) atoms. The van der Waals surface area contributed by atoms with Crippen LogP contribution in [0, 0.1) is 11.6 Å². The van der Waals surface area contributed by atoms with E-state index in [0.29, 0.717) is 46.5 Å². The topological polar surface area (TPSA) is 127 Å². The number of halogens is 2. The number of nitrogens with zero attached hydrogens (tertiary/aromatic N) is 8. The van der Waals surface area contributed by atoms with Crippen molar-refractivity contribution in [2.24, 2.45) is 0 Å². The molecule has 0 saturated heterocycles. The molecule has 12 heteroatoms. The van der Waals surface area contributed by atoms with E-state index in [1.807, 2.05) is 24.3 Å². The normalized spacial score (nSPS) is 18.8. The molecule has 0 aromatic carbocycles. The molecule has 0 spiro atoms. The average Bonchev–Trinajstić information content (AvgIpc) is 3.88. The molecule has 0 amide bonds. The van der Waals surface area contributed by atoms with Crippen LogP contribution in [0.2, 0.25) is 0 Å². The second-order valence-electron chi connectivity index (χ2n) is 14.0. The van der Waals surface area contributed by atoms with Gasteiger partial charge < -0.3 is 10.6 Å². The minimum absolute atomic E-state index is 0.296. The third-order valence-corrected chi connectivity index (χ3v) is 10.3. The van der Waals surface area contributed by atoms with E-state index in [-0.39, 0.29) is 0 Å². The van der Waals surface area contributed by atoms with Crippen LogP contribution in [0.15, 0.2) is 120 Å². The third kappa shape index (κ3) is 7.06. The Hall–Kier alpha value is -6.30. The fraction of sp³-hybridized carbons (Fsp3) is 0.238. The van der Waals surface area contributed by atoms with E-state index in [4.69, 9.17) is 0 Å². The van der Waals surface area contributed by atoms with E-state index in [1.54, 1.807) is 35.9 Å². The molecule has 6 heterocycles. The van der Waals surface area contributed by atoms with Crippen molar-refractivity contribution in [2.45, 2.75) is 63.5 Å². The summed E-state index contributed by atoms with van der Waals surface area (Å²) in [6, 6.07) is 10.9. The highest BCUT2D eigenvalue weighted by Gasteiger charge is 2.24. The van der Waals surface area contributed by atoms with E-state index in [2.05, 4.69) is 74.8 Å². The monoisotopic (exact) mass is 718 g/mol. The van der Waals surface area contributed by atoms with Gasteiger partial charge in [0.2, 0.25) is 0 Å². The van der Waals surface area contributed by atoms with Crippen molar-refractivity contribution in [3.05, 3.63) is 132 Å². The van der Waals surface area contributed by atoms with Crippen molar-refractivity contribution >= 4 is 33.7 Å². The summed E-state index contributed by atoms with van der Waals surface area (Å²) < 4.78 is 27.2. The lowest BCUT2D eigenvalue weighted by atomic mass is 9.90. The van der Waals surface area contributed by atoms with Crippen molar-refractivity contribution in [1.29, 1.82) is 0 Å². The van der Waals surface area contributed by atoms with Crippen LogP contribution < -0.4 is 10.6 Å². The first-order chi connectivity index (χ1) is 26.5. The minimum Gasteiger partial charge on any atom is -0.365 e. The van der Waals surface area contributed by atoms with Crippen molar-refractivity contribution in [1.82, 2.24) is 39.9 Å². The van der Waals surface area contributed by atoms with Gasteiger partial charge in [-0.2, -0.15) is 0 Å².